The van der Waals surface area contributed by atoms with Crippen LogP contribution in [0.25, 0.3) is 0 Å². The van der Waals surface area contributed by atoms with Gasteiger partial charge in [-0.15, -0.1) is 11.3 Å². The number of alkyl halides is 3. The Morgan fingerprint density at radius 2 is 2.16 bits per heavy atom. The minimum absolute atomic E-state index is 0.000505. The van der Waals surface area contributed by atoms with Crippen LogP contribution in [0.5, 0.6) is 0 Å². The van der Waals surface area contributed by atoms with Crippen molar-refractivity contribution in [1.82, 2.24) is 10.3 Å². The molecule has 1 aromatic rings. The zero-order valence-electron chi connectivity index (χ0n) is 10.9. The Kier molecular flexibility index (Phi) is 5.16. The molecule has 0 saturated heterocycles. The minimum atomic E-state index is -4.45. The van der Waals surface area contributed by atoms with Gasteiger partial charge in [-0.25, -0.2) is 4.98 Å². The second-order valence-corrected chi connectivity index (χ2v) is 5.09. The van der Waals surface area contributed by atoms with Gasteiger partial charge in [-0.3, -0.25) is 4.79 Å². The predicted molar refractivity (Wildman–Crippen MR) is 68.3 cm³/mol. The van der Waals surface area contributed by atoms with Crippen LogP contribution in [0, 0.1) is 0 Å². The standard InChI is InChI=1S/C11H16F3N3OS/c1-4-17(5-9(18)15-7(2)3)10-16-8(6-19-10)11(12,13)14/h6-7H,4-5H2,1-3H3,(H,15,18). The first-order chi connectivity index (χ1) is 8.74. The molecule has 0 atom stereocenters. The number of carbonyl (C=O) groups is 1. The van der Waals surface area contributed by atoms with Crippen LogP contribution in [0.3, 0.4) is 0 Å². The molecule has 0 saturated carbocycles. The van der Waals surface area contributed by atoms with Crippen LogP contribution in [0.15, 0.2) is 5.38 Å². The molecule has 1 heterocycles. The van der Waals surface area contributed by atoms with Crippen molar-refractivity contribution in [2.75, 3.05) is 18.0 Å². The van der Waals surface area contributed by atoms with E-state index in [1.807, 2.05) is 13.8 Å². The molecule has 8 heteroatoms. The summed E-state index contributed by atoms with van der Waals surface area (Å²) < 4.78 is 37.3. The van der Waals surface area contributed by atoms with Gasteiger partial charge in [-0.1, -0.05) is 0 Å². The van der Waals surface area contributed by atoms with Gasteiger partial charge in [0.2, 0.25) is 5.91 Å². The Morgan fingerprint density at radius 1 is 1.53 bits per heavy atom. The maximum atomic E-state index is 12.4. The van der Waals surface area contributed by atoms with Crippen molar-refractivity contribution in [2.24, 2.45) is 0 Å². The Bertz CT molecular complexity index is 431. The lowest BCUT2D eigenvalue weighted by Gasteiger charge is -2.20. The fraction of sp³-hybridized carbons (Fsp3) is 0.636. The van der Waals surface area contributed by atoms with E-state index in [0.29, 0.717) is 6.54 Å². The molecule has 1 amide bonds. The maximum absolute atomic E-state index is 12.4. The Balaban J connectivity index is 2.75. The zero-order chi connectivity index (χ0) is 14.6. The van der Waals surface area contributed by atoms with Crippen LogP contribution in [0.2, 0.25) is 0 Å². The van der Waals surface area contributed by atoms with Gasteiger partial charge in [0.25, 0.3) is 0 Å². The first-order valence-corrected chi connectivity index (χ1v) is 6.69. The van der Waals surface area contributed by atoms with Crippen molar-refractivity contribution >= 4 is 22.4 Å². The minimum Gasteiger partial charge on any atom is -0.352 e. The summed E-state index contributed by atoms with van der Waals surface area (Å²) in [6, 6.07) is -0.00626. The van der Waals surface area contributed by atoms with Gasteiger partial charge in [-0.05, 0) is 20.8 Å². The van der Waals surface area contributed by atoms with E-state index in [4.69, 9.17) is 0 Å². The lowest BCUT2D eigenvalue weighted by atomic mass is 10.4. The summed E-state index contributed by atoms with van der Waals surface area (Å²) in [4.78, 5) is 16.6. The Labute approximate surface area is 113 Å². The first kappa shape index (κ1) is 15.7. The molecule has 0 aliphatic rings. The topological polar surface area (TPSA) is 45.2 Å². The van der Waals surface area contributed by atoms with E-state index in [0.717, 1.165) is 16.7 Å². The number of aromatic nitrogens is 1. The molecule has 1 rings (SSSR count). The van der Waals surface area contributed by atoms with Crippen molar-refractivity contribution in [1.29, 1.82) is 0 Å². The van der Waals surface area contributed by atoms with Crippen molar-refractivity contribution in [3.63, 3.8) is 0 Å². The van der Waals surface area contributed by atoms with Crippen LogP contribution in [-0.2, 0) is 11.0 Å². The third kappa shape index (κ3) is 4.70. The molecule has 108 valence electrons. The van der Waals surface area contributed by atoms with Crippen LogP contribution >= 0.6 is 11.3 Å². The number of halogens is 3. The molecule has 0 aromatic carbocycles. The zero-order valence-corrected chi connectivity index (χ0v) is 11.7. The number of likely N-dealkylation sites (N-methyl/N-ethyl adjacent to an activating group) is 1. The average Bonchev–Trinajstić information content (AvgIpc) is 2.73. The molecule has 0 fully saturated rings. The van der Waals surface area contributed by atoms with E-state index >= 15 is 0 Å². The van der Waals surface area contributed by atoms with E-state index in [2.05, 4.69) is 10.3 Å². The molecule has 0 unspecified atom stereocenters. The van der Waals surface area contributed by atoms with Crippen molar-refractivity contribution < 1.29 is 18.0 Å². The van der Waals surface area contributed by atoms with Crippen molar-refractivity contribution in [3.05, 3.63) is 11.1 Å². The number of amides is 1. The van der Waals surface area contributed by atoms with Gasteiger partial charge in [0.15, 0.2) is 10.8 Å². The van der Waals surface area contributed by atoms with E-state index in [9.17, 15) is 18.0 Å². The lowest BCUT2D eigenvalue weighted by molar-refractivity contribution is -0.140. The van der Waals surface area contributed by atoms with E-state index in [1.165, 1.54) is 4.90 Å². The normalized spacial score (nSPS) is 11.7. The molecular formula is C11H16F3N3OS. The fourth-order valence-corrected chi connectivity index (χ4v) is 2.29. The van der Waals surface area contributed by atoms with E-state index in [1.54, 1.807) is 6.92 Å². The second-order valence-electron chi connectivity index (χ2n) is 4.25. The fourth-order valence-electron chi connectivity index (χ4n) is 1.40. The molecule has 19 heavy (non-hydrogen) atoms. The molecule has 0 aliphatic heterocycles. The summed E-state index contributed by atoms with van der Waals surface area (Å²) in [6.45, 7) is 5.81. The summed E-state index contributed by atoms with van der Waals surface area (Å²) >= 11 is 0.885. The highest BCUT2D eigenvalue weighted by Crippen LogP contribution is 2.32. The maximum Gasteiger partial charge on any atom is 0.434 e. The van der Waals surface area contributed by atoms with E-state index in [-0.39, 0.29) is 23.6 Å². The number of nitrogens with zero attached hydrogens (tertiary/aromatic N) is 2. The summed E-state index contributed by atoms with van der Waals surface area (Å²) in [5.41, 5.74) is -0.921. The number of hydrogen-bond donors (Lipinski definition) is 1. The average molecular weight is 295 g/mol. The number of rotatable bonds is 5. The van der Waals surface area contributed by atoms with Crippen LogP contribution < -0.4 is 10.2 Å². The summed E-state index contributed by atoms with van der Waals surface area (Å²) in [6.07, 6.45) is -4.45. The van der Waals surface area contributed by atoms with E-state index < -0.39 is 11.9 Å². The highest BCUT2D eigenvalue weighted by molar-refractivity contribution is 7.13. The summed E-state index contributed by atoms with van der Waals surface area (Å²) in [5, 5.41) is 3.85. The SMILES string of the molecule is CCN(CC(=O)NC(C)C)c1nc(C(F)(F)F)cs1. The van der Waals surface area contributed by atoms with Gasteiger partial charge in [-0.2, -0.15) is 13.2 Å². The van der Waals surface area contributed by atoms with Crippen LogP contribution in [-0.4, -0.2) is 30.0 Å². The number of hydrogen-bond acceptors (Lipinski definition) is 4. The van der Waals surface area contributed by atoms with Gasteiger partial charge >= 0.3 is 6.18 Å². The van der Waals surface area contributed by atoms with Gasteiger partial charge in [0, 0.05) is 18.0 Å². The molecule has 0 spiro atoms. The molecule has 4 nitrogen and oxygen atoms in total. The van der Waals surface area contributed by atoms with Crippen molar-refractivity contribution in [2.45, 2.75) is 33.0 Å². The van der Waals surface area contributed by atoms with Crippen molar-refractivity contribution in [3.8, 4) is 0 Å². The number of carbonyl (C=O) groups excluding carboxylic acids is 1. The first-order valence-electron chi connectivity index (χ1n) is 5.81. The third-order valence-electron chi connectivity index (χ3n) is 2.22. The smallest absolute Gasteiger partial charge is 0.352 e. The van der Waals surface area contributed by atoms with Crippen LogP contribution in [0.1, 0.15) is 26.5 Å². The molecule has 1 N–H and O–H groups in total. The second kappa shape index (κ2) is 6.23. The number of anilines is 1. The highest BCUT2D eigenvalue weighted by atomic mass is 32.1. The molecule has 1 aromatic heterocycles. The molecular weight excluding hydrogens is 279 g/mol. The molecule has 0 aliphatic carbocycles. The Hall–Kier alpha value is -1.31. The monoisotopic (exact) mass is 295 g/mol. The predicted octanol–water partition coefficient (Wildman–Crippen LogP) is 2.51. The number of thiazole rings is 1. The highest BCUT2D eigenvalue weighted by Gasteiger charge is 2.34. The summed E-state index contributed by atoms with van der Waals surface area (Å²) in [5.74, 6) is -0.236. The molecule has 0 radical (unpaired) electrons. The number of nitrogens with one attached hydrogen (secondary N) is 1. The lowest BCUT2D eigenvalue weighted by Crippen LogP contribution is -2.40. The van der Waals surface area contributed by atoms with Gasteiger partial charge in [0.05, 0.1) is 6.54 Å². The van der Waals surface area contributed by atoms with Gasteiger partial charge < -0.3 is 10.2 Å². The summed E-state index contributed by atoms with van der Waals surface area (Å²) in [7, 11) is 0. The third-order valence-corrected chi connectivity index (χ3v) is 3.12. The quantitative estimate of drug-likeness (QED) is 0.908. The Morgan fingerprint density at radius 3 is 2.58 bits per heavy atom. The largest absolute Gasteiger partial charge is 0.434 e. The van der Waals surface area contributed by atoms with Crippen LogP contribution in [0.4, 0.5) is 18.3 Å². The van der Waals surface area contributed by atoms with Gasteiger partial charge in [0.1, 0.15) is 0 Å². The molecule has 0 bridgehead atoms.